The zero-order valence-corrected chi connectivity index (χ0v) is 26.0. The third kappa shape index (κ3) is 8.59. The second-order valence-corrected chi connectivity index (χ2v) is 11.6. The van der Waals surface area contributed by atoms with Crippen molar-refractivity contribution in [2.45, 2.75) is 71.9 Å². The Labute approximate surface area is 259 Å². The van der Waals surface area contributed by atoms with E-state index in [-0.39, 0.29) is 0 Å². The Hall–Kier alpha value is -4.38. The Bertz CT molecular complexity index is 1540. The van der Waals surface area contributed by atoms with Crippen molar-refractivity contribution in [3.8, 4) is 11.4 Å². The van der Waals surface area contributed by atoms with Gasteiger partial charge in [0.1, 0.15) is 17.7 Å². The van der Waals surface area contributed by atoms with Gasteiger partial charge < -0.3 is 20.6 Å². The van der Waals surface area contributed by atoms with Gasteiger partial charge in [0.25, 0.3) is 0 Å². The SMILES string of the molecule is Cc1cc(NC(CCN(CCCCc2ccc3c(n2)NCCC3)CCn2nc(C)cc2C)C(=O)O)nc(-c2ccncc2)n1. The van der Waals surface area contributed by atoms with Crippen LogP contribution in [-0.2, 0) is 24.2 Å². The maximum Gasteiger partial charge on any atom is 0.326 e. The van der Waals surface area contributed by atoms with E-state index < -0.39 is 12.0 Å². The lowest BCUT2D eigenvalue weighted by Gasteiger charge is -2.25. The van der Waals surface area contributed by atoms with Crippen LogP contribution in [0.25, 0.3) is 11.4 Å². The molecule has 0 radical (unpaired) electrons. The second kappa shape index (κ2) is 14.9. The lowest BCUT2D eigenvalue weighted by molar-refractivity contribution is -0.138. The normalized spacial score (nSPS) is 13.4. The van der Waals surface area contributed by atoms with Gasteiger partial charge in [0.05, 0.1) is 12.2 Å². The van der Waals surface area contributed by atoms with E-state index in [4.69, 9.17) is 4.98 Å². The molecule has 0 aliphatic carbocycles. The predicted octanol–water partition coefficient (Wildman–Crippen LogP) is 4.69. The minimum atomic E-state index is -0.905. The summed E-state index contributed by atoms with van der Waals surface area (Å²) in [6.45, 7) is 9.98. The van der Waals surface area contributed by atoms with Crippen LogP contribution in [0.3, 0.4) is 0 Å². The summed E-state index contributed by atoms with van der Waals surface area (Å²) in [5.74, 6) is 1.17. The van der Waals surface area contributed by atoms with Gasteiger partial charge in [-0.2, -0.15) is 5.10 Å². The molecular weight excluding hydrogens is 554 g/mol. The van der Waals surface area contributed by atoms with Crippen LogP contribution in [-0.4, -0.2) is 77.9 Å². The molecular formula is C33H43N9O2. The number of nitrogens with zero attached hydrogens (tertiary/aromatic N) is 7. The summed E-state index contributed by atoms with van der Waals surface area (Å²) in [6, 6.07) is 11.1. The van der Waals surface area contributed by atoms with Gasteiger partial charge in [0, 0.05) is 60.7 Å². The Balaban J connectivity index is 1.21. The first-order valence-electron chi connectivity index (χ1n) is 15.6. The minimum absolute atomic E-state index is 0.429. The van der Waals surface area contributed by atoms with E-state index in [9.17, 15) is 9.90 Å². The number of carboxylic acids is 1. The standard InChI is InChI=1S/C33H43N9O2/c1-23-22-30(39-32(36-23)27-11-15-34-16-12-27)38-29(33(43)44)13-18-41(19-20-42-25(3)21-24(2)40-42)17-5-4-8-28-10-9-26-7-6-14-35-31(26)37-28/h9-12,15-16,21-22,29H,4-8,13-14,17-20H2,1-3H3,(H,35,37)(H,43,44)(H,36,38,39). The molecule has 0 bridgehead atoms. The lowest BCUT2D eigenvalue weighted by atomic mass is 10.1. The number of carbonyl (C=O) groups is 1. The highest BCUT2D eigenvalue weighted by atomic mass is 16.4. The monoisotopic (exact) mass is 597 g/mol. The number of pyridine rings is 2. The maximum atomic E-state index is 12.3. The Morgan fingerprint density at radius 3 is 2.64 bits per heavy atom. The summed E-state index contributed by atoms with van der Waals surface area (Å²) >= 11 is 0. The van der Waals surface area contributed by atoms with Gasteiger partial charge in [-0.25, -0.2) is 19.7 Å². The predicted molar refractivity (Wildman–Crippen MR) is 172 cm³/mol. The number of hydrogen-bond donors (Lipinski definition) is 3. The number of hydrogen-bond acceptors (Lipinski definition) is 9. The quantitative estimate of drug-likeness (QED) is 0.166. The van der Waals surface area contributed by atoms with E-state index in [2.05, 4.69) is 60.7 Å². The highest BCUT2D eigenvalue weighted by Gasteiger charge is 2.20. The number of aromatic nitrogens is 6. The highest BCUT2D eigenvalue weighted by molar-refractivity contribution is 5.77. The molecule has 1 unspecified atom stereocenters. The number of rotatable bonds is 15. The zero-order valence-electron chi connectivity index (χ0n) is 26.0. The van der Waals surface area contributed by atoms with Gasteiger partial charge in [-0.3, -0.25) is 9.67 Å². The first kappa shape index (κ1) is 31.1. The average molecular weight is 598 g/mol. The molecule has 0 spiro atoms. The molecule has 0 fully saturated rings. The Kier molecular flexibility index (Phi) is 10.5. The van der Waals surface area contributed by atoms with Gasteiger partial charge in [-0.1, -0.05) is 6.07 Å². The van der Waals surface area contributed by atoms with Gasteiger partial charge in [0.15, 0.2) is 5.82 Å². The molecule has 5 heterocycles. The van der Waals surface area contributed by atoms with E-state index in [0.717, 1.165) is 92.4 Å². The van der Waals surface area contributed by atoms with E-state index in [1.807, 2.05) is 30.7 Å². The van der Waals surface area contributed by atoms with Crippen molar-refractivity contribution < 1.29 is 9.90 Å². The fourth-order valence-electron chi connectivity index (χ4n) is 5.64. The van der Waals surface area contributed by atoms with Gasteiger partial charge in [0.2, 0.25) is 0 Å². The second-order valence-electron chi connectivity index (χ2n) is 11.6. The van der Waals surface area contributed by atoms with E-state index in [1.54, 1.807) is 18.5 Å². The van der Waals surface area contributed by atoms with Crippen LogP contribution in [0.15, 0.2) is 48.8 Å². The molecule has 0 amide bonds. The first-order valence-corrected chi connectivity index (χ1v) is 15.6. The molecule has 0 aromatic carbocycles. The first-order chi connectivity index (χ1) is 21.3. The van der Waals surface area contributed by atoms with Crippen molar-refractivity contribution in [3.05, 3.63) is 77.1 Å². The average Bonchev–Trinajstić information content (AvgIpc) is 3.35. The van der Waals surface area contributed by atoms with Crippen LogP contribution in [0.2, 0.25) is 0 Å². The molecule has 11 heteroatoms. The minimum Gasteiger partial charge on any atom is -0.480 e. The molecule has 4 aromatic heterocycles. The molecule has 0 saturated carbocycles. The number of aliphatic carboxylic acids is 1. The molecule has 1 atom stereocenters. The van der Waals surface area contributed by atoms with Gasteiger partial charge >= 0.3 is 5.97 Å². The number of carboxylic acid groups (broad SMARTS) is 1. The van der Waals surface area contributed by atoms with Gasteiger partial charge in [-0.05, 0) is 95.7 Å². The van der Waals surface area contributed by atoms with Crippen LogP contribution in [0.1, 0.15) is 54.0 Å². The summed E-state index contributed by atoms with van der Waals surface area (Å²) in [5.41, 5.74) is 6.15. The summed E-state index contributed by atoms with van der Waals surface area (Å²) < 4.78 is 2.03. The van der Waals surface area contributed by atoms with Crippen LogP contribution >= 0.6 is 0 Å². The lowest BCUT2D eigenvalue weighted by Crippen LogP contribution is -2.37. The molecule has 11 nitrogen and oxygen atoms in total. The molecule has 5 rings (SSSR count). The van der Waals surface area contributed by atoms with E-state index in [1.165, 1.54) is 5.56 Å². The van der Waals surface area contributed by atoms with Gasteiger partial charge in [-0.15, -0.1) is 0 Å². The van der Waals surface area contributed by atoms with Crippen molar-refractivity contribution in [2.24, 2.45) is 0 Å². The third-order valence-electron chi connectivity index (χ3n) is 7.99. The van der Waals surface area contributed by atoms with Crippen molar-refractivity contribution in [1.29, 1.82) is 0 Å². The topological polar surface area (TPSA) is 134 Å². The number of unbranched alkanes of at least 4 members (excludes halogenated alkanes) is 1. The van der Waals surface area contributed by atoms with E-state index >= 15 is 0 Å². The molecule has 1 aliphatic heterocycles. The third-order valence-corrected chi connectivity index (χ3v) is 7.99. The highest BCUT2D eigenvalue weighted by Crippen LogP contribution is 2.21. The van der Waals surface area contributed by atoms with Crippen LogP contribution in [0.5, 0.6) is 0 Å². The number of anilines is 2. The van der Waals surface area contributed by atoms with Crippen molar-refractivity contribution in [2.75, 3.05) is 36.8 Å². The summed E-state index contributed by atoms with van der Waals surface area (Å²) in [7, 11) is 0. The fourth-order valence-corrected chi connectivity index (χ4v) is 5.64. The zero-order chi connectivity index (χ0) is 30.9. The van der Waals surface area contributed by atoms with E-state index in [0.29, 0.717) is 24.6 Å². The van der Waals surface area contributed by atoms with Crippen molar-refractivity contribution in [3.63, 3.8) is 0 Å². The van der Waals surface area contributed by atoms with Crippen molar-refractivity contribution >= 4 is 17.6 Å². The summed E-state index contributed by atoms with van der Waals surface area (Å²) in [6.07, 6.45) is 8.99. The fraction of sp³-hybridized carbons (Fsp3) is 0.455. The molecule has 4 aromatic rings. The smallest absolute Gasteiger partial charge is 0.326 e. The summed E-state index contributed by atoms with van der Waals surface area (Å²) in [4.78, 5) is 32.7. The molecule has 44 heavy (non-hydrogen) atoms. The number of nitrogens with one attached hydrogen (secondary N) is 2. The molecule has 0 saturated heterocycles. The molecule has 1 aliphatic rings. The van der Waals surface area contributed by atoms with Crippen molar-refractivity contribution in [1.82, 2.24) is 34.6 Å². The van der Waals surface area contributed by atoms with Crippen LogP contribution < -0.4 is 10.6 Å². The van der Waals surface area contributed by atoms with Crippen LogP contribution in [0, 0.1) is 20.8 Å². The summed E-state index contributed by atoms with van der Waals surface area (Å²) in [5, 5.41) is 21.3. The van der Waals surface area contributed by atoms with Crippen LogP contribution in [0.4, 0.5) is 11.6 Å². The number of aryl methyl sites for hydroxylation is 5. The molecule has 232 valence electrons. The Morgan fingerprint density at radius 2 is 1.86 bits per heavy atom. The molecule has 3 N–H and O–H groups in total. The maximum absolute atomic E-state index is 12.3. The Morgan fingerprint density at radius 1 is 1.02 bits per heavy atom. The number of fused-ring (bicyclic) bond motifs is 1. The largest absolute Gasteiger partial charge is 0.480 e.